The maximum atomic E-state index is 13.6. The van der Waals surface area contributed by atoms with E-state index in [2.05, 4.69) is 35.9 Å². The van der Waals surface area contributed by atoms with Crippen LogP contribution in [-0.2, 0) is 19.2 Å². The fraction of sp³-hybridized carbons (Fsp3) is 0.800. The molecule has 4 fully saturated rings. The van der Waals surface area contributed by atoms with Gasteiger partial charge in [-0.15, -0.1) is 0 Å². The van der Waals surface area contributed by atoms with Gasteiger partial charge in [0.2, 0.25) is 23.6 Å². The molecular formula is C25H37N5O4. The number of carbonyl (C=O) groups is 4. The van der Waals surface area contributed by atoms with E-state index in [9.17, 15) is 24.4 Å². The molecule has 34 heavy (non-hydrogen) atoms. The lowest BCUT2D eigenvalue weighted by Gasteiger charge is -2.37. The summed E-state index contributed by atoms with van der Waals surface area (Å²) < 4.78 is 0. The van der Waals surface area contributed by atoms with Gasteiger partial charge in [0.1, 0.15) is 18.1 Å². The summed E-state index contributed by atoms with van der Waals surface area (Å²) in [5, 5.41) is 18.4. The van der Waals surface area contributed by atoms with Crippen LogP contribution in [0.25, 0.3) is 0 Å². The Hall–Kier alpha value is -2.63. The zero-order chi connectivity index (χ0) is 25.2. The molecule has 4 rings (SSSR count). The fourth-order valence-corrected chi connectivity index (χ4v) is 6.17. The van der Waals surface area contributed by atoms with Crippen molar-refractivity contribution < 1.29 is 19.2 Å². The summed E-state index contributed by atoms with van der Waals surface area (Å²) in [7, 11) is 0. The Morgan fingerprint density at radius 3 is 2.38 bits per heavy atom. The zero-order valence-electron chi connectivity index (χ0n) is 21.0. The Labute approximate surface area is 201 Å². The van der Waals surface area contributed by atoms with Crippen molar-refractivity contribution in [1.82, 2.24) is 20.9 Å². The molecule has 4 aliphatic rings. The molecular weight excluding hydrogens is 434 g/mol. The second-order valence-corrected chi connectivity index (χ2v) is 12.5. The second kappa shape index (κ2) is 7.96. The van der Waals surface area contributed by atoms with Gasteiger partial charge in [0.05, 0.1) is 6.07 Å². The molecule has 6 unspecified atom stereocenters. The summed E-state index contributed by atoms with van der Waals surface area (Å²) in [5.74, 6) is -1.07. The van der Waals surface area contributed by atoms with Crippen molar-refractivity contribution in [3.63, 3.8) is 0 Å². The van der Waals surface area contributed by atoms with Crippen molar-refractivity contribution in [2.45, 2.75) is 90.9 Å². The van der Waals surface area contributed by atoms with Crippen LogP contribution in [0.3, 0.4) is 0 Å². The van der Waals surface area contributed by atoms with E-state index in [-0.39, 0.29) is 58.8 Å². The first-order valence-corrected chi connectivity index (χ1v) is 12.3. The van der Waals surface area contributed by atoms with E-state index in [1.165, 1.54) is 6.92 Å². The van der Waals surface area contributed by atoms with Crippen molar-refractivity contribution in [3.8, 4) is 6.07 Å². The molecule has 0 radical (unpaired) electrons. The molecule has 0 aromatic carbocycles. The van der Waals surface area contributed by atoms with Crippen molar-refractivity contribution in [2.75, 3.05) is 6.54 Å². The third-order valence-electron chi connectivity index (χ3n) is 8.46. The Morgan fingerprint density at radius 2 is 1.88 bits per heavy atom. The van der Waals surface area contributed by atoms with Crippen LogP contribution in [0.1, 0.15) is 67.2 Å². The molecule has 2 saturated carbocycles. The topological polar surface area (TPSA) is 131 Å². The van der Waals surface area contributed by atoms with Gasteiger partial charge >= 0.3 is 0 Å². The summed E-state index contributed by atoms with van der Waals surface area (Å²) in [5.41, 5.74) is -0.691. The van der Waals surface area contributed by atoms with E-state index in [4.69, 9.17) is 0 Å². The molecule has 0 bridgehead atoms. The van der Waals surface area contributed by atoms with Crippen LogP contribution in [0.15, 0.2) is 0 Å². The second-order valence-electron chi connectivity index (χ2n) is 12.5. The first-order chi connectivity index (χ1) is 15.7. The minimum Gasteiger partial charge on any atom is -0.350 e. The van der Waals surface area contributed by atoms with Crippen LogP contribution < -0.4 is 16.0 Å². The van der Waals surface area contributed by atoms with Gasteiger partial charge in [0, 0.05) is 24.9 Å². The van der Waals surface area contributed by atoms with Crippen molar-refractivity contribution in [1.29, 1.82) is 5.26 Å². The Morgan fingerprint density at radius 1 is 1.24 bits per heavy atom. The van der Waals surface area contributed by atoms with Crippen molar-refractivity contribution in [3.05, 3.63) is 0 Å². The number of rotatable bonds is 6. The maximum Gasteiger partial charge on any atom is 0.246 e. The molecule has 0 aromatic heterocycles. The molecule has 4 amide bonds. The average Bonchev–Trinajstić information content (AvgIpc) is 3.43. The monoisotopic (exact) mass is 471 g/mol. The highest BCUT2D eigenvalue weighted by Crippen LogP contribution is 2.65. The van der Waals surface area contributed by atoms with E-state index in [0.29, 0.717) is 13.0 Å². The van der Waals surface area contributed by atoms with E-state index in [0.717, 1.165) is 12.8 Å². The van der Waals surface area contributed by atoms with Crippen molar-refractivity contribution >= 4 is 23.6 Å². The summed E-state index contributed by atoms with van der Waals surface area (Å²) >= 11 is 0. The normalized spacial score (nSPS) is 31.7. The lowest BCUT2D eigenvalue weighted by molar-refractivity contribution is -0.145. The number of carbonyl (C=O) groups excluding carboxylic acids is 4. The molecule has 2 saturated heterocycles. The number of piperidine rings is 1. The highest BCUT2D eigenvalue weighted by atomic mass is 16.2. The van der Waals surface area contributed by atoms with Crippen LogP contribution in [0.4, 0.5) is 0 Å². The highest BCUT2D eigenvalue weighted by Gasteiger charge is 2.69. The summed E-state index contributed by atoms with van der Waals surface area (Å²) in [6, 6.07) is -0.116. The summed E-state index contributed by atoms with van der Waals surface area (Å²) in [6.45, 7) is 11.7. The number of nitrogens with one attached hydrogen (secondary N) is 3. The SMILES string of the molecule is CC(=O)NC(C(=O)N1CC2C(C1C(=O)NC(C#N)CC1CC3(CC3)NC1=O)C2(C)C)C(C)(C)C. The predicted octanol–water partition coefficient (Wildman–Crippen LogP) is 1.09. The first-order valence-electron chi connectivity index (χ1n) is 12.3. The number of hydrogen-bond donors (Lipinski definition) is 3. The zero-order valence-corrected chi connectivity index (χ0v) is 21.0. The quantitative estimate of drug-likeness (QED) is 0.534. The predicted molar refractivity (Wildman–Crippen MR) is 124 cm³/mol. The minimum atomic E-state index is -0.802. The van der Waals surface area contributed by atoms with Gasteiger partial charge in [-0.05, 0) is 48.3 Å². The summed E-state index contributed by atoms with van der Waals surface area (Å²) in [6.07, 6.45) is 2.92. The molecule has 3 N–H and O–H groups in total. The molecule has 9 heteroatoms. The molecule has 2 aliphatic carbocycles. The summed E-state index contributed by atoms with van der Waals surface area (Å²) in [4.78, 5) is 52.8. The van der Waals surface area contributed by atoms with E-state index < -0.39 is 23.5 Å². The van der Waals surface area contributed by atoms with E-state index in [1.807, 2.05) is 20.8 Å². The third kappa shape index (κ3) is 4.27. The number of amides is 4. The average molecular weight is 472 g/mol. The lowest BCUT2D eigenvalue weighted by atomic mass is 9.85. The number of hydrogen-bond acceptors (Lipinski definition) is 5. The molecule has 6 atom stereocenters. The Kier molecular flexibility index (Phi) is 5.73. The maximum absolute atomic E-state index is 13.6. The number of likely N-dealkylation sites (tertiary alicyclic amines) is 1. The smallest absolute Gasteiger partial charge is 0.246 e. The van der Waals surface area contributed by atoms with E-state index >= 15 is 0 Å². The van der Waals surface area contributed by atoms with Crippen LogP contribution in [0.5, 0.6) is 0 Å². The number of nitriles is 1. The molecule has 2 aliphatic heterocycles. The lowest BCUT2D eigenvalue weighted by Crippen LogP contribution is -2.59. The van der Waals surface area contributed by atoms with Crippen LogP contribution in [0, 0.1) is 39.9 Å². The molecule has 9 nitrogen and oxygen atoms in total. The Bertz CT molecular complexity index is 957. The first kappa shape index (κ1) is 24.5. The fourth-order valence-electron chi connectivity index (χ4n) is 6.17. The molecule has 2 heterocycles. The highest BCUT2D eigenvalue weighted by molar-refractivity contribution is 5.94. The molecule has 0 aromatic rings. The molecule has 1 spiro atoms. The van der Waals surface area contributed by atoms with E-state index in [1.54, 1.807) is 4.90 Å². The van der Waals surface area contributed by atoms with Gasteiger partial charge in [0.25, 0.3) is 0 Å². The Balaban J connectivity index is 1.49. The third-order valence-corrected chi connectivity index (χ3v) is 8.46. The van der Waals surface area contributed by atoms with Crippen LogP contribution in [0.2, 0.25) is 0 Å². The van der Waals surface area contributed by atoms with Crippen molar-refractivity contribution in [2.24, 2.45) is 28.6 Å². The molecule has 186 valence electrons. The van der Waals surface area contributed by atoms with Gasteiger partial charge in [-0.2, -0.15) is 5.26 Å². The van der Waals surface area contributed by atoms with Gasteiger partial charge in [-0.3, -0.25) is 19.2 Å². The number of nitrogens with zero attached hydrogens (tertiary/aromatic N) is 2. The van der Waals surface area contributed by atoms with Gasteiger partial charge in [0.15, 0.2) is 0 Å². The van der Waals surface area contributed by atoms with Gasteiger partial charge < -0.3 is 20.9 Å². The largest absolute Gasteiger partial charge is 0.350 e. The van der Waals surface area contributed by atoms with Gasteiger partial charge in [-0.1, -0.05) is 34.6 Å². The van der Waals surface area contributed by atoms with Gasteiger partial charge in [-0.25, -0.2) is 0 Å². The van der Waals surface area contributed by atoms with Crippen LogP contribution >= 0.6 is 0 Å². The minimum absolute atomic E-state index is 0.00162. The standard InChI is InChI=1S/C25H37N5O4/c1-13(31)27-19(23(2,3)4)22(34)30-12-16-17(24(16,5)6)18(30)21(33)28-15(11-26)9-14-10-25(7-8-25)29-20(14)32/h14-19H,7-10,12H2,1-6H3,(H,27,31)(H,28,33)(H,29,32). The van der Waals surface area contributed by atoms with Crippen LogP contribution in [-0.4, -0.2) is 58.7 Å². The number of fused-ring (bicyclic) bond motifs is 1.